The zero-order valence-corrected chi connectivity index (χ0v) is 10.3. The third kappa shape index (κ3) is 3.32. The molecule has 0 saturated heterocycles. The molecule has 0 spiro atoms. The molecule has 0 saturated carbocycles. The number of likely N-dealkylation sites (N-methyl/N-ethyl adjacent to an activating group) is 1. The molecule has 0 heterocycles. The Morgan fingerprint density at radius 3 is 2.59 bits per heavy atom. The van der Waals surface area contributed by atoms with Crippen molar-refractivity contribution in [1.29, 1.82) is 0 Å². The van der Waals surface area contributed by atoms with Crippen LogP contribution in [0.3, 0.4) is 0 Å². The Labute approximate surface area is 101 Å². The second-order valence-corrected chi connectivity index (χ2v) is 3.42. The Bertz CT molecular complexity index is 413. The highest BCUT2D eigenvalue weighted by Gasteiger charge is 2.09. The minimum Gasteiger partial charge on any atom is -0.493 e. The first-order valence-electron chi connectivity index (χ1n) is 5.29. The van der Waals surface area contributed by atoms with Crippen molar-refractivity contribution >= 4 is 12.4 Å². The smallest absolute Gasteiger partial charge is 0.167 e. The predicted molar refractivity (Wildman–Crippen MR) is 67.9 cm³/mol. The average molecular weight is 235 g/mol. The van der Waals surface area contributed by atoms with E-state index < -0.39 is 0 Å². The van der Waals surface area contributed by atoms with Gasteiger partial charge in [-0.05, 0) is 19.2 Å². The van der Waals surface area contributed by atoms with Crippen molar-refractivity contribution in [2.45, 2.75) is 0 Å². The second-order valence-electron chi connectivity index (χ2n) is 3.42. The van der Waals surface area contributed by atoms with Crippen LogP contribution in [0.15, 0.2) is 18.2 Å². The molecule has 0 aliphatic heterocycles. The van der Waals surface area contributed by atoms with Gasteiger partial charge in [-0.3, -0.25) is 4.79 Å². The molecule has 1 N–H and O–H groups in total. The van der Waals surface area contributed by atoms with Gasteiger partial charge in [0.1, 0.15) is 6.29 Å². The molecule has 0 bridgehead atoms. The first kappa shape index (κ1) is 13.3. The van der Waals surface area contributed by atoms with Crippen LogP contribution in [0.25, 0.3) is 6.08 Å². The minimum atomic E-state index is 0.557. The van der Waals surface area contributed by atoms with Gasteiger partial charge in [0.25, 0.3) is 0 Å². The number of ether oxygens (including phenoxy) is 2. The summed E-state index contributed by atoms with van der Waals surface area (Å²) in [7, 11) is 4.99. The fourth-order valence-corrected chi connectivity index (χ4v) is 1.51. The normalized spacial score (nSPS) is 10.5. The van der Waals surface area contributed by atoms with Crippen LogP contribution in [0.1, 0.15) is 15.9 Å². The molecule has 0 radical (unpaired) electrons. The molecule has 92 valence electrons. The minimum absolute atomic E-state index is 0.557. The maximum atomic E-state index is 10.8. The van der Waals surface area contributed by atoms with Crippen LogP contribution in [0.2, 0.25) is 0 Å². The molecule has 4 nitrogen and oxygen atoms in total. The molecule has 1 aromatic carbocycles. The van der Waals surface area contributed by atoms with Crippen LogP contribution in [0, 0.1) is 0 Å². The molecule has 0 unspecified atom stereocenters. The molecule has 4 heteroatoms. The van der Waals surface area contributed by atoms with Crippen LogP contribution >= 0.6 is 0 Å². The highest BCUT2D eigenvalue weighted by atomic mass is 16.5. The quantitative estimate of drug-likeness (QED) is 0.763. The summed E-state index contributed by atoms with van der Waals surface area (Å²) >= 11 is 0. The van der Waals surface area contributed by atoms with E-state index in [4.69, 9.17) is 9.47 Å². The number of methoxy groups -OCH3 is 2. The van der Waals surface area contributed by atoms with Gasteiger partial charge >= 0.3 is 0 Å². The molecular weight excluding hydrogens is 218 g/mol. The van der Waals surface area contributed by atoms with E-state index in [2.05, 4.69) is 5.32 Å². The highest BCUT2D eigenvalue weighted by Crippen LogP contribution is 2.33. The van der Waals surface area contributed by atoms with Crippen molar-refractivity contribution in [1.82, 2.24) is 5.32 Å². The first-order valence-corrected chi connectivity index (χ1v) is 5.29. The van der Waals surface area contributed by atoms with Crippen LogP contribution in [-0.2, 0) is 0 Å². The number of aldehydes is 1. The molecule has 0 fully saturated rings. The Morgan fingerprint density at radius 1 is 1.29 bits per heavy atom. The number of carbonyl (C=O) groups is 1. The van der Waals surface area contributed by atoms with E-state index in [0.717, 1.165) is 18.4 Å². The molecule has 0 aromatic heterocycles. The summed E-state index contributed by atoms with van der Waals surface area (Å²) in [6, 6.07) is 3.42. The van der Waals surface area contributed by atoms with Crippen LogP contribution in [0.4, 0.5) is 0 Å². The van der Waals surface area contributed by atoms with Gasteiger partial charge < -0.3 is 14.8 Å². The summed E-state index contributed by atoms with van der Waals surface area (Å²) < 4.78 is 10.5. The van der Waals surface area contributed by atoms with E-state index in [9.17, 15) is 4.79 Å². The Kier molecular flexibility index (Phi) is 5.23. The highest BCUT2D eigenvalue weighted by molar-refractivity contribution is 5.79. The van der Waals surface area contributed by atoms with Crippen molar-refractivity contribution in [3.63, 3.8) is 0 Å². The second kappa shape index (κ2) is 6.70. The third-order valence-electron chi connectivity index (χ3n) is 2.29. The first-order chi connectivity index (χ1) is 8.26. The maximum Gasteiger partial charge on any atom is 0.167 e. The van der Waals surface area contributed by atoms with E-state index in [-0.39, 0.29) is 0 Å². The lowest BCUT2D eigenvalue weighted by molar-refractivity contribution is 0.112. The van der Waals surface area contributed by atoms with E-state index >= 15 is 0 Å². The van der Waals surface area contributed by atoms with Crippen molar-refractivity contribution in [3.8, 4) is 11.5 Å². The SMILES string of the molecule is CNCC=Cc1cc(C=O)cc(OC)c1OC. The van der Waals surface area contributed by atoms with Gasteiger partial charge in [-0.2, -0.15) is 0 Å². The van der Waals surface area contributed by atoms with Crippen LogP contribution < -0.4 is 14.8 Å². The zero-order valence-electron chi connectivity index (χ0n) is 10.3. The van der Waals surface area contributed by atoms with Crippen LogP contribution in [0.5, 0.6) is 11.5 Å². The van der Waals surface area contributed by atoms with Crippen LogP contribution in [-0.4, -0.2) is 34.1 Å². The van der Waals surface area contributed by atoms with E-state index in [1.165, 1.54) is 0 Å². The standard InChI is InChI=1S/C13H17NO3/c1-14-6-4-5-11-7-10(9-15)8-12(16-2)13(11)17-3/h4-5,7-9,14H,6H2,1-3H3. The Hall–Kier alpha value is -1.81. The third-order valence-corrected chi connectivity index (χ3v) is 2.29. The van der Waals surface area contributed by atoms with E-state index in [0.29, 0.717) is 17.1 Å². The average Bonchev–Trinajstić information content (AvgIpc) is 2.37. The van der Waals surface area contributed by atoms with Gasteiger partial charge in [0.05, 0.1) is 14.2 Å². The number of nitrogens with one attached hydrogen (secondary N) is 1. The summed E-state index contributed by atoms with van der Waals surface area (Å²) in [5.74, 6) is 1.19. The molecule has 0 amide bonds. The number of hydrogen-bond acceptors (Lipinski definition) is 4. The Balaban J connectivity index is 3.19. The lowest BCUT2D eigenvalue weighted by Gasteiger charge is -2.11. The summed E-state index contributed by atoms with van der Waals surface area (Å²) in [6.45, 7) is 0.747. The summed E-state index contributed by atoms with van der Waals surface area (Å²) in [4.78, 5) is 10.8. The van der Waals surface area contributed by atoms with Gasteiger partial charge in [0.2, 0.25) is 0 Å². The van der Waals surface area contributed by atoms with E-state index in [1.807, 2.05) is 19.2 Å². The van der Waals surface area contributed by atoms with Gasteiger partial charge in [0, 0.05) is 17.7 Å². The van der Waals surface area contributed by atoms with Crippen molar-refractivity contribution in [2.24, 2.45) is 0 Å². The number of hydrogen-bond donors (Lipinski definition) is 1. The molecular formula is C13H17NO3. The molecule has 1 aromatic rings. The molecule has 17 heavy (non-hydrogen) atoms. The monoisotopic (exact) mass is 235 g/mol. The molecule has 0 aliphatic rings. The lowest BCUT2D eigenvalue weighted by atomic mass is 10.1. The fourth-order valence-electron chi connectivity index (χ4n) is 1.51. The predicted octanol–water partition coefficient (Wildman–Crippen LogP) is 1.75. The zero-order chi connectivity index (χ0) is 12.7. The van der Waals surface area contributed by atoms with Gasteiger partial charge in [-0.15, -0.1) is 0 Å². The molecule has 0 atom stereocenters. The van der Waals surface area contributed by atoms with Crippen molar-refractivity contribution in [3.05, 3.63) is 29.3 Å². The van der Waals surface area contributed by atoms with Gasteiger partial charge in [-0.25, -0.2) is 0 Å². The number of benzene rings is 1. The summed E-state index contributed by atoms with van der Waals surface area (Å²) in [5.41, 5.74) is 1.39. The Morgan fingerprint density at radius 2 is 2.06 bits per heavy atom. The fraction of sp³-hybridized carbons (Fsp3) is 0.308. The van der Waals surface area contributed by atoms with Crippen molar-refractivity contribution in [2.75, 3.05) is 27.8 Å². The molecule has 1 rings (SSSR count). The van der Waals surface area contributed by atoms with Gasteiger partial charge in [0.15, 0.2) is 11.5 Å². The summed E-state index contributed by atoms with van der Waals surface area (Å²) in [5, 5.41) is 3.00. The molecule has 0 aliphatic carbocycles. The van der Waals surface area contributed by atoms with Gasteiger partial charge in [-0.1, -0.05) is 12.2 Å². The topological polar surface area (TPSA) is 47.6 Å². The summed E-state index contributed by atoms with van der Waals surface area (Å²) in [6.07, 6.45) is 4.63. The lowest BCUT2D eigenvalue weighted by Crippen LogP contribution is -2.03. The van der Waals surface area contributed by atoms with Crippen molar-refractivity contribution < 1.29 is 14.3 Å². The van der Waals surface area contributed by atoms with E-state index in [1.54, 1.807) is 26.4 Å². The number of rotatable bonds is 6. The number of carbonyl (C=O) groups excluding carboxylic acids is 1. The maximum absolute atomic E-state index is 10.8. The largest absolute Gasteiger partial charge is 0.493 e.